The minimum Gasteiger partial charge on any atom is -0.444 e. The summed E-state index contributed by atoms with van der Waals surface area (Å²) in [7, 11) is 1.86. The maximum atomic E-state index is 12.1. The van der Waals surface area contributed by atoms with Gasteiger partial charge >= 0.3 is 6.09 Å². The van der Waals surface area contributed by atoms with Crippen LogP contribution in [-0.4, -0.2) is 64.5 Å². The molecule has 2 amide bonds. The first kappa shape index (κ1) is 25.2. The molecule has 2 aliphatic heterocycles. The standard InChI is InChI=1S/C28H36N6O3/c1-5-25(35)32(4)23-15-33(16-23)24(13-19-7-8-19)21-11-9-20(10-12-21)18(3)30-27-29-14-22-17-37-28(36)34(6-2)26(22)31-27/h5,9-12,14,18-19,23-24H,1,6-8,13,15-17H2,2-4H3,(H,29,30,31)/t18-,24?/m0/s1. The van der Waals surface area contributed by atoms with Gasteiger partial charge in [0.15, 0.2) is 0 Å². The van der Waals surface area contributed by atoms with Crippen molar-refractivity contribution in [3.05, 3.63) is 59.8 Å². The quantitative estimate of drug-likeness (QED) is 0.483. The number of anilines is 2. The second kappa shape index (κ2) is 10.5. The van der Waals surface area contributed by atoms with Crippen molar-refractivity contribution in [3.63, 3.8) is 0 Å². The number of aromatic nitrogens is 2. The zero-order valence-corrected chi connectivity index (χ0v) is 21.9. The number of nitrogens with zero attached hydrogens (tertiary/aromatic N) is 5. The Morgan fingerprint density at radius 3 is 2.62 bits per heavy atom. The van der Waals surface area contributed by atoms with Gasteiger partial charge in [-0.05, 0) is 43.4 Å². The summed E-state index contributed by atoms with van der Waals surface area (Å²) in [6.07, 6.45) is 6.53. The number of fused-ring (bicyclic) bond motifs is 1. The molecule has 9 nitrogen and oxygen atoms in total. The molecule has 37 heavy (non-hydrogen) atoms. The van der Waals surface area contributed by atoms with E-state index >= 15 is 0 Å². The van der Waals surface area contributed by atoms with Crippen molar-refractivity contribution in [2.45, 2.75) is 57.8 Å². The Bertz CT molecular complexity index is 1160. The van der Waals surface area contributed by atoms with Crippen LogP contribution in [0.15, 0.2) is 43.1 Å². The van der Waals surface area contributed by atoms with Gasteiger partial charge in [-0.1, -0.05) is 43.7 Å². The molecule has 0 bridgehead atoms. The summed E-state index contributed by atoms with van der Waals surface area (Å²) in [6, 6.07) is 9.42. The number of rotatable bonds is 10. The molecule has 0 radical (unpaired) electrons. The van der Waals surface area contributed by atoms with Crippen molar-refractivity contribution in [1.82, 2.24) is 19.8 Å². The third kappa shape index (κ3) is 5.32. The zero-order valence-electron chi connectivity index (χ0n) is 21.9. The van der Waals surface area contributed by atoms with Crippen LogP contribution in [0.25, 0.3) is 0 Å². The summed E-state index contributed by atoms with van der Waals surface area (Å²) in [5.74, 6) is 1.88. The number of hydrogen-bond donors (Lipinski definition) is 1. The number of nitrogens with one attached hydrogen (secondary N) is 1. The lowest BCUT2D eigenvalue weighted by atomic mass is 9.93. The highest BCUT2D eigenvalue weighted by Gasteiger charge is 2.38. The van der Waals surface area contributed by atoms with E-state index in [1.165, 1.54) is 29.4 Å². The van der Waals surface area contributed by atoms with Crippen molar-refractivity contribution in [1.29, 1.82) is 0 Å². The first-order valence-corrected chi connectivity index (χ1v) is 13.2. The van der Waals surface area contributed by atoms with Gasteiger partial charge in [-0.2, -0.15) is 4.98 Å². The van der Waals surface area contributed by atoms with E-state index < -0.39 is 0 Å². The summed E-state index contributed by atoms with van der Waals surface area (Å²) >= 11 is 0. The fraction of sp³-hybridized carbons (Fsp3) is 0.500. The lowest BCUT2D eigenvalue weighted by Crippen LogP contribution is -2.60. The Hall–Kier alpha value is -3.46. The minimum atomic E-state index is -0.378. The lowest BCUT2D eigenvalue weighted by Gasteiger charge is -2.48. The van der Waals surface area contributed by atoms with E-state index in [0.29, 0.717) is 24.4 Å². The van der Waals surface area contributed by atoms with E-state index in [1.54, 1.807) is 11.1 Å². The van der Waals surface area contributed by atoms with Crippen LogP contribution in [0.5, 0.6) is 0 Å². The van der Waals surface area contributed by atoms with Crippen molar-refractivity contribution in [2.24, 2.45) is 5.92 Å². The predicted molar refractivity (Wildman–Crippen MR) is 142 cm³/mol. The molecular weight excluding hydrogens is 468 g/mol. The van der Waals surface area contributed by atoms with Crippen molar-refractivity contribution in [3.8, 4) is 0 Å². The molecule has 0 spiro atoms. The SMILES string of the molecule is C=CC(=O)N(C)C1CN(C(CC2CC2)c2ccc([C@H](C)Nc3ncc4c(n3)N(CC)C(=O)OC4)cc2)C1. The number of carbonyl (C=O) groups is 2. The third-order valence-electron chi connectivity index (χ3n) is 7.81. The number of amides is 2. The van der Waals surface area contributed by atoms with Crippen LogP contribution in [-0.2, 0) is 16.1 Å². The van der Waals surface area contributed by atoms with Gasteiger partial charge in [0.2, 0.25) is 11.9 Å². The molecule has 2 atom stereocenters. The number of likely N-dealkylation sites (tertiary alicyclic amines) is 1. The Morgan fingerprint density at radius 2 is 1.97 bits per heavy atom. The maximum absolute atomic E-state index is 12.1. The van der Waals surface area contributed by atoms with E-state index in [4.69, 9.17) is 4.74 Å². The van der Waals surface area contributed by atoms with Crippen LogP contribution >= 0.6 is 0 Å². The monoisotopic (exact) mass is 504 g/mol. The normalized spacial score (nSPS) is 19.3. The van der Waals surface area contributed by atoms with Gasteiger partial charge in [-0.3, -0.25) is 14.6 Å². The molecule has 3 heterocycles. The number of cyclic esters (lactones) is 1. The number of carbonyl (C=O) groups excluding carboxylic acids is 2. The molecular formula is C28H36N6O3. The zero-order chi connectivity index (χ0) is 26.1. The molecule has 1 saturated heterocycles. The number of benzene rings is 1. The first-order valence-electron chi connectivity index (χ1n) is 13.2. The molecule has 1 N–H and O–H groups in total. The van der Waals surface area contributed by atoms with Crippen LogP contribution in [0.4, 0.5) is 16.6 Å². The van der Waals surface area contributed by atoms with E-state index in [1.807, 2.05) is 14.0 Å². The van der Waals surface area contributed by atoms with E-state index in [2.05, 4.69) is 58.0 Å². The molecule has 3 aliphatic rings. The second-order valence-electron chi connectivity index (χ2n) is 10.3. The first-order chi connectivity index (χ1) is 17.9. The highest BCUT2D eigenvalue weighted by atomic mass is 16.6. The Balaban J connectivity index is 1.25. The van der Waals surface area contributed by atoms with Crippen LogP contribution in [0.2, 0.25) is 0 Å². The third-order valence-corrected chi connectivity index (χ3v) is 7.81. The van der Waals surface area contributed by atoms with Gasteiger partial charge < -0.3 is 15.0 Å². The number of hydrogen-bond acceptors (Lipinski definition) is 7. The van der Waals surface area contributed by atoms with Gasteiger partial charge in [-0.25, -0.2) is 9.78 Å². The average molecular weight is 505 g/mol. The van der Waals surface area contributed by atoms with Crippen LogP contribution in [0.1, 0.15) is 61.9 Å². The van der Waals surface area contributed by atoms with Crippen molar-refractivity contribution in [2.75, 3.05) is 36.9 Å². The van der Waals surface area contributed by atoms with Crippen molar-refractivity contribution < 1.29 is 14.3 Å². The molecule has 1 aromatic heterocycles. The van der Waals surface area contributed by atoms with Gasteiger partial charge in [0.05, 0.1) is 17.6 Å². The number of ether oxygens (including phenoxy) is 1. The van der Waals surface area contributed by atoms with Crippen molar-refractivity contribution >= 4 is 23.8 Å². The number of likely N-dealkylation sites (N-methyl/N-ethyl adjacent to an activating group) is 1. The highest BCUT2D eigenvalue weighted by Crippen LogP contribution is 2.42. The van der Waals surface area contributed by atoms with E-state index in [-0.39, 0.29) is 30.7 Å². The predicted octanol–water partition coefficient (Wildman–Crippen LogP) is 4.30. The van der Waals surface area contributed by atoms with Gasteiger partial charge in [0.1, 0.15) is 12.4 Å². The second-order valence-corrected chi connectivity index (χ2v) is 10.3. The van der Waals surface area contributed by atoms with Crippen LogP contribution in [0.3, 0.4) is 0 Å². The molecule has 1 saturated carbocycles. The Labute approximate surface area is 218 Å². The highest BCUT2D eigenvalue weighted by molar-refractivity contribution is 5.89. The molecule has 9 heteroatoms. The molecule has 2 aromatic rings. The topological polar surface area (TPSA) is 90.9 Å². The average Bonchev–Trinajstić information content (AvgIpc) is 3.71. The molecule has 1 aromatic carbocycles. The smallest absolute Gasteiger partial charge is 0.415 e. The summed E-state index contributed by atoms with van der Waals surface area (Å²) in [5, 5.41) is 3.38. The Morgan fingerprint density at radius 1 is 1.27 bits per heavy atom. The summed E-state index contributed by atoms with van der Waals surface area (Å²) in [6.45, 7) is 10.1. The Kier molecular flexibility index (Phi) is 7.15. The minimum absolute atomic E-state index is 0.00782. The van der Waals surface area contributed by atoms with Gasteiger partial charge in [-0.15, -0.1) is 0 Å². The van der Waals surface area contributed by atoms with E-state index in [0.717, 1.165) is 36.6 Å². The summed E-state index contributed by atoms with van der Waals surface area (Å²) < 4.78 is 5.18. The van der Waals surface area contributed by atoms with Crippen LogP contribution in [0, 0.1) is 5.92 Å². The molecule has 1 unspecified atom stereocenters. The lowest BCUT2D eigenvalue weighted by molar-refractivity contribution is -0.130. The van der Waals surface area contributed by atoms with Gasteiger partial charge in [0.25, 0.3) is 0 Å². The molecule has 2 fully saturated rings. The molecule has 196 valence electrons. The largest absolute Gasteiger partial charge is 0.444 e. The summed E-state index contributed by atoms with van der Waals surface area (Å²) in [4.78, 5) is 38.9. The van der Waals surface area contributed by atoms with Crippen LogP contribution < -0.4 is 10.2 Å². The molecule has 5 rings (SSSR count). The maximum Gasteiger partial charge on any atom is 0.415 e. The molecule has 1 aliphatic carbocycles. The fourth-order valence-electron chi connectivity index (χ4n) is 5.15. The fourth-order valence-corrected chi connectivity index (χ4v) is 5.15. The van der Waals surface area contributed by atoms with E-state index in [9.17, 15) is 9.59 Å². The van der Waals surface area contributed by atoms with Gasteiger partial charge in [0, 0.05) is 38.9 Å². The summed E-state index contributed by atoms with van der Waals surface area (Å²) in [5.41, 5.74) is 3.26.